The van der Waals surface area contributed by atoms with E-state index in [4.69, 9.17) is 0 Å². The highest BCUT2D eigenvalue weighted by molar-refractivity contribution is 5.87. The molecule has 0 aromatic carbocycles. The lowest BCUT2D eigenvalue weighted by Crippen LogP contribution is -2.59. The van der Waals surface area contributed by atoms with Gasteiger partial charge in [0.15, 0.2) is 0 Å². The number of hydrogen-bond acceptors (Lipinski definition) is 2. The van der Waals surface area contributed by atoms with Gasteiger partial charge in [-0.2, -0.15) is 0 Å². The van der Waals surface area contributed by atoms with Gasteiger partial charge < -0.3 is 10.4 Å². The fraction of sp³-hybridized carbons (Fsp3) is 0.882. The summed E-state index contributed by atoms with van der Waals surface area (Å²) in [7, 11) is 0. The maximum absolute atomic E-state index is 12.1. The van der Waals surface area contributed by atoms with Crippen LogP contribution < -0.4 is 5.32 Å². The largest absolute Gasteiger partial charge is 0.479 e. The molecule has 4 heteroatoms. The lowest BCUT2D eigenvalue weighted by Gasteiger charge is -2.39. The van der Waals surface area contributed by atoms with Crippen LogP contribution in [0.4, 0.5) is 0 Å². The standard InChI is InChI=1S/C17H31NO3/c1-3-4-5-6-7-8-12-15(19)18-17(16(20)21)13-10-9-11-14(17)2/h14H,3-13H2,1-2H3,(H,18,19)(H,20,21). The maximum Gasteiger partial charge on any atom is 0.329 e. The highest BCUT2D eigenvalue weighted by Gasteiger charge is 2.46. The SMILES string of the molecule is CCCCCCCCC(=O)NC1(C(=O)O)CCCCC1C. The Labute approximate surface area is 128 Å². The minimum atomic E-state index is -1.03. The second kappa shape index (κ2) is 9.06. The molecule has 1 aliphatic rings. The van der Waals surface area contributed by atoms with Gasteiger partial charge in [0.05, 0.1) is 0 Å². The van der Waals surface area contributed by atoms with Crippen molar-refractivity contribution < 1.29 is 14.7 Å². The van der Waals surface area contributed by atoms with Gasteiger partial charge in [0.25, 0.3) is 0 Å². The molecule has 122 valence electrons. The third kappa shape index (κ3) is 5.33. The Kier molecular flexibility index (Phi) is 7.76. The Morgan fingerprint density at radius 1 is 1.14 bits per heavy atom. The van der Waals surface area contributed by atoms with E-state index in [-0.39, 0.29) is 11.8 Å². The third-order valence-corrected chi connectivity index (χ3v) is 4.80. The van der Waals surface area contributed by atoms with Crippen molar-refractivity contribution in [2.75, 3.05) is 0 Å². The number of rotatable bonds is 9. The summed E-state index contributed by atoms with van der Waals surface area (Å²) < 4.78 is 0. The highest BCUT2D eigenvalue weighted by atomic mass is 16.4. The van der Waals surface area contributed by atoms with Gasteiger partial charge in [0.1, 0.15) is 5.54 Å². The Balaban J connectivity index is 2.38. The van der Waals surface area contributed by atoms with Gasteiger partial charge in [-0.15, -0.1) is 0 Å². The van der Waals surface area contributed by atoms with Crippen molar-refractivity contribution in [1.82, 2.24) is 5.32 Å². The molecule has 0 bridgehead atoms. The minimum Gasteiger partial charge on any atom is -0.479 e. The van der Waals surface area contributed by atoms with Crippen LogP contribution in [0.3, 0.4) is 0 Å². The number of carbonyl (C=O) groups excluding carboxylic acids is 1. The van der Waals surface area contributed by atoms with Gasteiger partial charge in [-0.05, 0) is 25.2 Å². The van der Waals surface area contributed by atoms with Crippen molar-refractivity contribution in [1.29, 1.82) is 0 Å². The van der Waals surface area contributed by atoms with E-state index in [1.807, 2.05) is 6.92 Å². The first-order valence-electron chi connectivity index (χ1n) is 8.57. The lowest BCUT2D eigenvalue weighted by molar-refractivity contribution is -0.152. The molecule has 0 saturated heterocycles. The normalized spacial score (nSPS) is 25.5. The van der Waals surface area contributed by atoms with Crippen molar-refractivity contribution >= 4 is 11.9 Å². The summed E-state index contributed by atoms with van der Waals surface area (Å²) in [6.07, 6.45) is 10.6. The number of nitrogens with one attached hydrogen (secondary N) is 1. The zero-order valence-corrected chi connectivity index (χ0v) is 13.6. The molecule has 0 radical (unpaired) electrons. The van der Waals surface area contributed by atoms with E-state index in [2.05, 4.69) is 12.2 Å². The van der Waals surface area contributed by atoms with E-state index in [0.717, 1.165) is 32.1 Å². The molecular weight excluding hydrogens is 266 g/mol. The number of carboxylic acid groups (broad SMARTS) is 1. The van der Waals surface area contributed by atoms with Crippen LogP contribution in [0.25, 0.3) is 0 Å². The number of amides is 1. The van der Waals surface area contributed by atoms with Crippen molar-refractivity contribution in [2.24, 2.45) is 5.92 Å². The zero-order valence-electron chi connectivity index (χ0n) is 13.6. The molecule has 21 heavy (non-hydrogen) atoms. The predicted octanol–water partition coefficient (Wildman–Crippen LogP) is 3.89. The van der Waals surface area contributed by atoms with Gasteiger partial charge in [-0.1, -0.05) is 58.8 Å². The molecule has 0 spiro atoms. The number of carbonyl (C=O) groups is 2. The van der Waals surface area contributed by atoms with E-state index in [1.54, 1.807) is 0 Å². The molecule has 1 fully saturated rings. The van der Waals surface area contributed by atoms with Crippen LogP contribution in [-0.2, 0) is 9.59 Å². The first kappa shape index (κ1) is 18.0. The van der Waals surface area contributed by atoms with Crippen molar-refractivity contribution in [3.63, 3.8) is 0 Å². The molecule has 1 amide bonds. The molecule has 4 nitrogen and oxygen atoms in total. The van der Waals surface area contributed by atoms with Crippen LogP contribution >= 0.6 is 0 Å². The minimum absolute atomic E-state index is 0.0113. The van der Waals surface area contributed by atoms with Gasteiger partial charge in [0.2, 0.25) is 5.91 Å². The molecule has 0 aliphatic heterocycles. The van der Waals surface area contributed by atoms with E-state index >= 15 is 0 Å². The average Bonchev–Trinajstić information content (AvgIpc) is 2.45. The van der Waals surface area contributed by atoms with Crippen LogP contribution in [-0.4, -0.2) is 22.5 Å². The van der Waals surface area contributed by atoms with Gasteiger partial charge >= 0.3 is 5.97 Å². The Morgan fingerprint density at radius 2 is 1.81 bits per heavy atom. The zero-order chi connectivity index (χ0) is 15.7. The Morgan fingerprint density at radius 3 is 2.43 bits per heavy atom. The molecule has 2 unspecified atom stereocenters. The summed E-state index contributed by atoms with van der Waals surface area (Å²) in [5, 5.41) is 12.4. The number of carboxylic acids is 1. The maximum atomic E-state index is 12.1. The molecule has 1 aliphatic carbocycles. The second-order valence-corrected chi connectivity index (χ2v) is 6.49. The van der Waals surface area contributed by atoms with Gasteiger partial charge in [-0.3, -0.25) is 4.79 Å². The van der Waals surface area contributed by atoms with E-state index in [0.29, 0.717) is 12.8 Å². The first-order valence-corrected chi connectivity index (χ1v) is 8.57. The summed E-state index contributed by atoms with van der Waals surface area (Å²) in [4.78, 5) is 23.7. The molecule has 2 N–H and O–H groups in total. The summed E-state index contributed by atoms with van der Waals surface area (Å²) >= 11 is 0. The summed E-state index contributed by atoms with van der Waals surface area (Å²) in [6, 6.07) is 0. The summed E-state index contributed by atoms with van der Waals surface area (Å²) in [5.74, 6) is -0.954. The fourth-order valence-electron chi connectivity index (χ4n) is 3.28. The van der Waals surface area contributed by atoms with E-state index in [1.165, 1.54) is 25.7 Å². The Hall–Kier alpha value is -1.06. The molecule has 0 aromatic rings. The van der Waals surface area contributed by atoms with Crippen molar-refractivity contribution in [2.45, 2.75) is 90.0 Å². The topological polar surface area (TPSA) is 66.4 Å². The third-order valence-electron chi connectivity index (χ3n) is 4.80. The highest BCUT2D eigenvalue weighted by Crippen LogP contribution is 2.34. The monoisotopic (exact) mass is 297 g/mol. The smallest absolute Gasteiger partial charge is 0.329 e. The molecule has 0 heterocycles. The van der Waals surface area contributed by atoms with E-state index < -0.39 is 11.5 Å². The van der Waals surface area contributed by atoms with Crippen LogP contribution in [0.1, 0.15) is 84.5 Å². The molecule has 1 rings (SSSR count). The van der Waals surface area contributed by atoms with Crippen molar-refractivity contribution in [3.05, 3.63) is 0 Å². The predicted molar refractivity (Wildman–Crippen MR) is 84.1 cm³/mol. The van der Waals surface area contributed by atoms with Crippen LogP contribution in [0, 0.1) is 5.92 Å². The lowest BCUT2D eigenvalue weighted by atomic mass is 9.73. The van der Waals surface area contributed by atoms with Gasteiger partial charge in [0, 0.05) is 6.42 Å². The first-order chi connectivity index (χ1) is 10.0. The van der Waals surface area contributed by atoms with Crippen LogP contribution in [0.2, 0.25) is 0 Å². The summed E-state index contributed by atoms with van der Waals surface area (Å²) in [5.41, 5.74) is -1.03. The fourth-order valence-corrected chi connectivity index (χ4v) is 3.28. The van der Waals surface area contributed by atoms with Gasteiger partial charge in [-0.25, -0.2) is 4.79 Å². The van der Waals surface area contributed by atoms with Crippen LogP contribution in [0.15, 0.2) is 0 Å². The molecule has 1 saturated carbocycles. The Bertz CT molecular complexity index is 343. The average molecular weight is 297 g/mol. The summed E-state index contributed by atoms with van der Waals surface area (Å²) in [6.45, 7) is 4.13. The molecular formula is C17H31NO3. The second-order valence-electron chi connectivity index (χ2n) is 6.49. The van der Waals surface area contributed by atoms with E-state index in [9.17, 15) is 14.7 Å². The molecule has 0 aromatic heterocycles. The molecule has 2 atom stereocenters. The quantitative estimate of drug-likeness (QED) is 0.635. The number of hydrogen-bond donors (Lipinski definition) is 2. The van der Waals surface area contributed by atoms with Crippen molar-refractivity contribution in [3.8, 4) is 0 Å². The van der Waals surface area contributed by atoms with Crippen LogP contribution in [0.5, 0.6) is 0 Å². The number of unbranched alkanes of at least 4 members (excludes halogenated alkanes) is 5. The number of aliphatic carboxylic acids is 1.